The van der Waals surface area contributed by atoms with Crippen LogP contribution in [0.25, 0.3) is 0 Å². The number of ether oxygens (including phenoxy) is 3. The van der Waals surface area contributed by atoms with Gasteiger partial charge in [-0.15, -0.1) is 0 Å². The molecule has 1 aromatic heterocycles. The van der Waals surface area contributed by atoms with Crippen LogP contribution in [0, 0.1) is 17.8 Å². The van der Waals surface area contributed by atoms with Gasteiger partial charge in [-0.3, -0.25) is 9.59 Å². The van der Waals surface area contributed by atoms with E-state index in [2.05, 4.69) is 22.4 Å². The van der Waals surface area contributed by atoms with E-state index in [0.29, 0.717) is 18.8 Å². The van der Waals surface area contributed by atoms with Gasteiger partial charge in [-0.2, -0.15) is 0 Å². The predicted octanol–water partition coefficient (Wildman–Crippen LogP) is 4.79. The van der Waals surface area contributed by atoms with E-state index >= 15 is 0 Å². The number of allylic oxidation sites excluding steroid dienone is 1. The number of pyridine rings is 1. The van der Waals surface area contributed by atoms with Gasteiger partial charge >= 0.3 is 5.97 Å². The smallest absolute Gasteiger partial charge is 0.305 e. The maximum absolute atomic E-state index is 12.9. The summed E-state index contributed by atoms with van der Waals surface area (Å²) in [7, 11) is 1.44. The molecule has 1 fully saturated rings. The molecule has 2 aliphatic heterocycles. The lowest BCUT2D eigenvalue weighted by Crippen LogP contribution is -2.40. The second-order valence-electron chi connectivity index (χ2n) is 10.1. The summed E-state index contributed by atoms with van der Waals surface area (Å²) in [6.07, 6.45) is 8.54. The average molecular weight is 522 g/mol. The molecular weight excluding hydrogens is 482 g/mol. The Morgan fingerprint density at radius 3 is 2.61 bits per heavy atom. The molecule has 4 rings (SSSR count). The molecule has 1 saturated heterocycles. The Hall–Kier alpha value is -3.55. The molecule has 0 spiro atoms. The van der Waals surface area contributed by atoms with Gasteiger partial charge in [0.25, 0.3) is 0 Å². The molecular formula is C30H39N3O5. The fraction of sp³-hybridized carbons (Fsp3) is 0.500. The molecule has 1 N–H and O–H groups in total. The summed E-state index contributed by atoms with van der Waals surface area (Å²) in [6.45, 7) is 2.43. The van der Waals surface area contributed by atoms with Crippen molar-refractivity contribution in [3.8, 4) is 0 Å². The fourth-order valence-corrected chi connectivity index (χ4v) is 5.48. The topological polar surface area (TPSA) is 90.0 Å². The molecule has 0 saturated carbocycles. The number of piperidine rings is 1. The summed E-state index contributed by atoms with van der Waals surface area (Å²) < 4.78 is 16.3. The van der Waals surface area contributed by atoms with Gasteiger partial charge in [-0.05, 0) is 61.6 Å². The summed E-state index contributed by atoms with van der Waals surface area (Å²) in [5, 5.41) is 3.26. The molecule has 0 aliphatic carbocycles. The number of amides is 1. The van der Waals surface area contributed by atoms with Gasteiger partial charge in [0.05, 0.1) is 7.11 Å². The Kier molecular flexibility index (Phi) is 10.4. The summed E-state index contributed by atoms with van der Waals surface area (Å²) in [5.41, 5.74) is 1.20. The van der Waals surface area contributed by atoms with E-state index in [0.717, 1.165) is 63.3 Å². The van der Waals surface area contributed by atoms with Crippen LogP contribution in [-0.4, -0.2) is 55.3 Å². The third-order valence-corrected chi connectivity index (χ3v) is 7.50. The minimum absolute atomic E-state index is 0.117. The van der Waals surface area contributed by atoms with Crippen molar-refractivity contribution in [1.82, 2.24) is 9.88 Å². The van der Waals surface area contributed by atoms with E-state index in [9.17, 15) is 9.59 Å². The maximum atomic E-state index is 12.9. The van der Waals surface area contributed by atoms with Crippen molar-refractivity contribution in [2.24, 2.45) is 17.8 Å². The van der Waals surface area contributed by atoms with E-state index in [1.54, 1.807) is 12.5 Å². The Bertz CT molecular complexity index is 1040. The number of hydrogen-bond acceptors (Lipinski definition) is 7. The Morgan fingerprint density at radius 1 is 1.13 bits per heavy atom. The van der Waals surface area contributed by atoms with Crippen LogP contribution in [-0.2, 0) is 30.2 Å². The molecule has 1 aromatic carbocycles. The number of esters is 1. The van der Waals surface area contributed by atoms with Gasteiger partial charge < -0.3 is 24.4 Å². The lowest BCUT2D eigenvalue weighted by Gasteiger charge is -2.37. The fourth-order valence-electron chi connectivity index (χ4n) is 5.48. The summed E-state index contributed by atoms with van der Waals surface area (Å²) in [5.74, 6) is 2.31. The van der Waals surface area contributed by atoms with Crippen LogP contribution in [0.15, 0.2) is 66.7 Å². The molecule has 8 nitrogen and oxygen atoms in total. The first-order valence-electron chi connectivity index (χ1n) is 13.6. The second kappa shape index (κ2) is 14.4. The van der Waals surface area contributed by atoms with Gasteiger partial charge in [0.2, 0.25) is 12.7 Å². The average Bonchev–Trinajstić information content (AvgIpc) is 3.50. The number of nitrogens with one attached hydrogen (secondary N) is 1. The number of hydrogen-bond donors (Lipinski definition) is 1. The van der Waals surface area contributed by atoms with E-state index in [-0.39, 0.29) is 30.5 Å². The standard InChI is InChI=1S/C30H39N3O5/c1-36-30(35)20-24(18-23-8-3-2-4-9-23)19-26(27-21-37-22-38-27)25-12-16-33(17-13-25)29(34)11-7-15-32-28-10-5-6-14-31-28/h2-6,8-10,14,21,24-26H,7,11-13,15-20,22H2,1H3,(H,31,32). The Balaban J connectivity index is 1.31. The van der Waals surface area contributed by atoms with E-state index < -0.39 is 0 Å². The zero-order chi connectivity index (χ0) is 26.6. The normalized spacial score (nSPS) is 17.1. The van der Waals surface area contributed by atoms with Crippen LogP contribution in [0.5, 0.6) is 0 Å². The molecule has 0 radical (unpaired) electrons. The zero-order valence-corrected chi connectivity index (χ0v) is 22.2. The number of nitrogens with zero attached hydrogens (tertiary/aromatic N) is 2. The number of anilines is 1. The SMILES string of the molecule is COC(=O)CC(Cc1ccccc1)CC(C1=COCO1)C1CCN(C(=O)CCCNc2ccccn2)CC1. The van der Waals surface area contributed by atoms with Crippen LogP contribution in [0.3, 0.4) is 0 Å². The number of carbonyl (C=O) groups excluding carboxylic acids is 2. The zero-order valence-electron chi connectivity index (χ0n) is 22.2. The van der Waals surface area contributed by atoms with Crippen molar-refractivity contribution in [3.63, 3.8) is 0 Å². The predicted molar refractivity (Wildman–Crippen MR) is 145 cm³/mol. The van der Waals surface area contributed by atoms with Crippen LogP contribution in [0.2, 0.25) is 0 Å². The highest BCUT2D eigenvalue weighted by Crippen LogP contribution is 2.38. The Labute approximate surface area is 225 Å². The van der Waals surface area contributed by atoms with Gasteiger partial charge in [-0.25, -0.2) is 4.98 Å². The quantitative estimate of drug-likeness (QED) is 0.300. The summed E-state index contributed by atoms with van der Waals surface area (Å²) in [4.78, 5) is 31.3. The highest BCUT2D eigenvalue weighted by molar-refractivity contribution is 5.76. The first-order valence-corrected chi connectivity index (χ1v) is 13.6. The van der Waals surface area contributed by atoms with Gasteiger partial charge in [-0.1, -0.05) is 36.4 Å². The van der Waals surface area contributed by atoms with Crippen molar-refractivity contribution in [3.05, 3.63) is 72.3 Å². The third-order valence-electron chi connectivity index (χ3n) is 7.50. The van der Waals surface area contributed by atoms with Crippen LogP contribution < -0.4 is 5.32 Å². The molecule has 2 atom stereocenters. The number of carbonyl (C=O) groups is 2. The molecule has 3 heterocycles. The van der Waals surface area contributed by atoms with Crippen LogP contribution in [0.4, 0.5) is 5.82 Å². The van der Waals surface area contributed by atoms with Crippen molar-refractivity contribution >= 4 is 17.7 Å². The largest absolute Gasteiger partial charge is 0.469 e. The molecule has 2 aliphatic rings. The van der Waals surface area contributed by atoms with E-state index in [1.165, 1.54) is 12.7 Å². The van der Waals surface area contributed by atoms with E-state index in [1.807, 2.05) is 41.3 Å². The summed E-state index contributed by atoms with van der Waals surface area (Å²) >= 11 is 0. The summed E-state index contributed by atoms with van der Waals surface area (Å²) in [6, 6.07) is 16.0. The molecule has 2 unspecified atom stereocenters. The second-order valence-corrected chi connectivity index (χ2v) is 10.1. The molecule has 204 valence electrons. The molecule has 8 heteroatoms. The number of rotatable bonds is 13. The van der Waals surface area contributed by atoms with E-state index in [4.69, 9.17) is 14.2 Å². The van der Waals surface area contributed by atoms with Gasteiger partial charge in [0.15, 0.2) is 0 Å². The first-order chi connectivity index (χ1) is 18.6. The number of benzene rings is 1. The molecule has 1 amide bonds. The van der Waals surface area contributed by atoms with Crippen molar-refractivity contribution in [2.45, 2.75) is 44.9 Å². The highest BCUT2D eigenvalue weighted by Gasteiger charge is 2.35. The molecule has 2 aromatic rings. The lowest BCUT2D eigenvalue weighted by molar-refractivity contribution is -0.142. The monoisotopic (exact) mass is 521 g/mol. The minimum atomic E-state index is -0.194. The maximum Gasteiger partial charge on any atom is 0.305 e. The third kappa shape index (κ3) is 8.23. The van der Waals surface area contributed by atoms with Crippen molar-refractivity contribution in [1.29, 1.82) is 0 Å². The van der Waals surface area contributed by atoms with Crippen LogP contribution in [0.1, 0.15) is 44.1 Å². The first kappa shape index (κ1) is 27.5. The molecule has 38 heavy (non-hydrogen) atoms. The van der Waals surface area contributed by atoms with Crippen molar-refractivity contribution < 1.29 is 23.8 Å². The number of aromatic nitrogens is 1. The van der Waals surface area contributed by atoms with Crippen LogP contribution >= 0.6 is 0 Å². The van der Waals surface area contributed by atoms with Gasteiger partial charge in [0.1, 0.15) is 17.8 Å². The lowest BCUT2D eigenvalue weighted by atomic mass is 9.76. The minimum Gasteiger partial charge on any atom is -0.469 e. The highest BCUT2D eigenvalue weighted by atomic mass is 16.7. The van der Waals surface area contributed by atoms with Gasteiger partial charge in [0, 0.05) is 44.6 Å². The van der Waals surface area contributed by atoms with Crippen molar-refractivity contribution in [2.75, 3.05) is 38.9 Å². The molecule has 0 bridgehead atoms. The Morgan fingerprint density at radius 2 is 1.92 bits per heavy atom. The number of likely N-dealkylation sites (tertiary alicyclic amines) is 1. The number of methoxy groups -OCH3 is 1.